The summed E-state index contributed by atoms with van der Waals surface area (Å²) in [5.41, 5.74) is 3.37. The molecule has 276 valence electrons. The summed E-state index contributed by atoms with van der Waals surface area (Å²) in [6.07, 6.45) is 5.42. The molecule has 4 N–H and O–H groups in total. The minimum Gasteiger partial charge on any atom is -0.507 e. The largest absolute Gasteiger partial charge is 0.507 e. The van der Waals surface area contributed by atoms with Crippen molar-refractivity contribution in [1.29, 1.82) is 0 Å². The fourth-order valence-corrected chi connectivity index (χ4v) is 5.31. The monoisotopic (exact) mass is 714 g/mol. The Morgan fingerprint density at radius 2 is 0.846 bits per heavy atom. The summed E-state index contributed by atoms with van der Waals surface area (Å²) in [7, 11) is 0. The van der Waals surface area contributed by atoms with Gasteiger partial charge in [-0.3, -0.25) is 0 Å². The van der Waals surface area contributed by atoms with Crippen molar-refractivity contribution in [3.8, 4) is 23.0 Å². The quantitative estimate of drug-likeness (QED) is 0.0360. The molecule has 0 bridgehead atoms. The highest BCUT2D eigenvalue weighted by Crippen LogP contribution is 2.38. The highest BCUT2D eigenvalue weighted by atomic mass is 16.7. The maximum absolute atomic E-state index is 10.8. The van der Waals surface area contributed by atoms with Crippen LogP contribution in [-0.4, -0.2) is 97.9 Å². The van der Waals surface area contributed by atoms with E-state index in [1.165, 1.54) is 24.9 Å². The van der Waals surface area contributed by atoms with E-state index >= 15 is 0 Å². The Morgan fingerprint density at radius 1 is 0.500 bits per heavy atom. The molecule has 4 aromatic rings. The lowest BCUT2D eigenvalue weighted by atomic mass is 9.98. The lowest BCUT2D eigenvalue weighted by Crippen LogP contribution is -2.21. The molecule has 0 saturated carbocycles. The third kappa shape index (κ3) is 10.2. The number of rotatable bonds is 20. The molecule has 52 heavy (non-hydrogen) atoms. The molecule has 4 aromatic carbocycles. The van der Waals surface area contributed by atoms with E-state index in [0.717, 1.165) is 37.6 Å². The second-order valence-corrected chi connectivity index (χ2v) is 11.2. The van der Waals surface area contributed by atoms with Crippen LogP contribution < -0.4 is 9.80 Å². The number of nitrogens with zero attached hydrogens (tertiary/aromatic N) is 6. The number of phenolic OH excluding ortho intramolecular Hbond substituents is 4. The van der Waals surface area contributed by atoms with Gasteiger partial charge in [0.25, 0.3) is 0 Å². The van der Waals surface area contributed by atoms with E-state index in [4.69, 9.17) is 19.4 Å². The van der Waals surface area contributed by atoms with Crippen LogP contribution in [0, 0.1) is 0 Å². The molecule has 0 fully saturated rings. The highest BCUT2D eigenvalue weighted by Gasteiger charge is 2.17. The number of anilines is 2. The Kier molecular flexibility index (Phi) is 14.8. The molecule has 4 rings (SSSR count). The zero-order valence-electron chi connectivity index (χ0n) is 29.8. The number of oxime groups is 4. The first-order chi connectivity index (χ1) is 25.3. The molecule has 0 atom stereocenters. The van der Waals surface area contributed by atoms with Crippen LogP contribution in [0.1, 0.15) is 49.9 Å². The van der Waals surface area contributed by atoms with Crippen LogP contribution in [0.4, 0.5) is 11.4 Å². The van der Waals surface area contributed by atoms with Crippen molar-refractivity contribution < 1.29 is 39.8 Å². The maximum Gasteiger partial charge on any atom is 0.167 e. The van der Waals surface area contributed by atoms with Gasteiger partial charge in [0, 0.05) is 71.9 Å². The standard InChI is InChI=1S/C38H46N6O8/c1-5-43(6-2)29-15-13-27(35(45)21-29)23-39-49-17-19-51-41-25-33-31-11-9-10-12-32(31)34(38(48)37(33)47)26-42-52-20-18-50-40-24-28-14-16-30(22-36(28)46)44(7-3)8-4/h9-16,21-26,45-48H,5-8,17-20H2,1-4H3/b39-23+,40-24+,41-25+,42-26+. The molecule has 0 unspecified atom stereocenters. The van der Waals surface area contributed by atoms with E-state index in [1.807, 2.05) is 12.1 Å². The molecule has 0 heterocycles. The number of aromatic hydroxyl groups is 4. The fraction of sp³-hybridized carbons (Fsp3) is 0.316. The summed E-state index contributed by atoms with van der Waals surface area (Å²) in [5.74, 6) is -0.627. The van der Waals surface area contributed by atoms with Crippen LogP contribution in [0.2, 0.25) is 0 Å². The molecule has 0 aromatic heterocycles. The minimum absolute atomic E-state index is 0.0506. The molecular formula is C38H46N6O8. The van der Waals surface area contributed by atoms with Crippen molar-refractivity contribution in [2.45, 2.75) is 27.7 Å². The maximum atomic E-state index is 10.8. The van der Waals surface area contributed by atoms with Crippen LogP contribution in [0.3, 0.4) is 0 Å². The third-order valence-electron chi connectivity index (χ3n) is 8.10. The molecule has 0 radical (unpaired) electrons. The summed E-state index contributed by atoms with van der Waals surface area (Å²) in [6, 6.07) is 17.8. The molecule has 14 heteroatoms. The van der Waals surface area contributed by atoms with Gasteiger partial charge < -0.3 is 49.6 Å². The van der Waals surface area contributed by atoms with Crippen LogP contribution in [-0.2, 0) is 19.4 Å². The van der Waals surface area contributed by atoms with Crippen LogP contribution in [0.15, 0.2) is 81.3 Å². The average molecular weight is 715 g/mol. The Labute approximate surface area is 303 Å². The summed E-state index contributed by atoms with van der Waals surface area (Å²) in [4.78, 5) is 25.2. The SMILES string of the molecule is CCN(CC)c1ccc(/C=N/OCCO/N=C/c2c(O)c(O)c(/C=N/OCCO/N=C/c3ccc(N(CC)CC)cc3O)c3ccccc23)c(O)c1. The summed E-state index contributed by atoms with van der Waals surface area (Å²) < 4.78 is 0. The first-order valence-electron chi connectivity index (χ1n) is 17.1. The van der Waals surface area contributed by atoms with Gasteiger partial charge in [-0.15, -0.1) is 0 Å². The fourth-order valence-electron chi connectivity index (χ4n) is 5.31. The number of phenols is 4. The lowest BCUT2D eigenvalue weighted by molar-refractivity contribution is 0.0553. The first-order valence-corrected chi connectivity index (χ1v) is 17.1. The number of fused-ring (bicyclic) bond motifs is 1. The van der Waals surface area contributed by atoms with E-state index in [-0.39, 0.29) is 49.1 Å². The molecule has 14 nitrogen and oxygen atoms in total. The molecule has 0 saturated heterocycles. The Morgan fingerprint density at radius 3 is 1.17 bits per heavy atom. The van der Waals surface area contributed by atoms with Crippen LogP contribution in [0.5, 0.6) is 23.0 Å². The molecule has 0 aliphatic carbocycles. The Hall–Kier alpha value is -6.18. The van der Waals surface area contributed by atoms with Crippen molar-refractivity contribution in [3.63, 3.8) is 0 Å². The van der Waals surface area contributed by atoms with Gasteiger partial charge in [-0.25, -0.2) is 0 Å². The Bertz CT molecular complexity index is 1740. The Balaban J connectivity index is 1.26. The minimum atomic E-state index is -0.411. The van der Waals surface area contributed by atoms with E-state index in [9.17, 15) is 20.4 Å². The van der Waals surface area contributed by atoms with Gasteiger partial charge in [0.2, 0.25) is 0 Å². The highest BCUT2D eigenvalue weighted by molar-refractivity contribution is 6.11. The number of hydrogen-bond acceptors (Lipinski definition) is 14. The van der Waals surface area contributed by atoms with Crippen molar-refractivity contribution in [2.24, 2.45) is 20.6 Å². The predicted octanol–water partition coefficient (Wildman–Crippen LogP) is 6.16. The van der Waals surface area contributed by atoms with E-state index in [1.54, 1.807) is 48.5 Å². The summed E-state index contributed by atoms with van der Waals surface area (Å²) in [5, 5.41) is 59.0. The van der Waals surface area contributed by atoms with Gasteiger partial charge in [0.15, 0.2) is 37.9 Å². The second kappa shape index (κ2) is 19.9. The average Bonchev–Trinajstić information content (AvgIpc) is 3.15. The molecular weight excluding hydrogens is 668 g/mol. The number of hydrogen-bond donors (Lipinski definition) is 4. The first kappa shape index (κ1) is 38.6. The zero-order chi connectivity index (χ0) is 37.3. The van der Waals surface area contributed by atoms with Crippen molar-refractivity contribution >= 4 is 47.0 Å². The van der Waals surface area contributed by atoms with Gasteiger partial charge in [0.1, 0.15) is 11.5 Å². The van der Waals surface area contributed by atoms with Gasteiger partial charge in [-0.2, -0.15) is 0 Å². The van der Waals surface area contributed by atoms with E-state index in [0.29, 0.717) is 21.9 Å². The topological polar surface area (TPSA) is 174 Å². The molecule has 0 spiro atoms. The second-order valence-electron chi connectivity index (χ2n) is 11.2. The van der Waals surface area contributed by atoms with Crippen molar-refractivity contribution in [3.05, 3.63) is 82.9 Å². The van der Waals surface area contributed by atoms with Crippen molar-refractivity contribution in [2.75, 3.05) is 62.4 Å². The van der Waals surface area contributed by atoms with Gasteiger partial charge >= 0.3 is 0 Å². The van der Waals surface area contributed by atoms with Gasteiger partial charge in [-0.1, -0.05) is 44.9 Å². The summed E-state index contributed by atoms with van der Waals surface area (Å²) in [6.45, 7) is 11.8. The zero-order valence-corrected chi connectivity index (χ0v) is 29.8. The smallest absolute Gasteiger partial charge is 0.167 e. The number of benzene rings is 4. The predicted molar refractivity (Wildman–Crippen MR) is 205 cm³/mol. The third-order valence-corrected chi connectivity index (χ3v) is 8.10. The summed E-state index contributed by atoms with van der Waals surface area (Å²) >= 11 is 0. The van der Waals surface area contributed by atoms with E-state index < -0.39 is 11.5 Å². The van der Waals surface area contributed by atoms with Crippen molar-refractivity contribution in [1.82, 2.24) is 0 Å². The van der Waals surface area contributed by atoms with Crippen LogP contribution >= 0.6 is 0 Å². The van der Waals surface area contributed by atoms with Gasteiger partial charge in [0.05, 0.1) is 24.9 Å². The molecule has 0 aliphatic rings. The molecule has 0 aliphatic heterocycles. The normalized spacial score (nSPS) is 11.7. The lowest BCUT2D eigenvalue weighted by Gasteiger charge is -2.21. The molecule has 0 amide bonds. The van der Waals surface area contributed by atoms with Crippen LogP contribution in [0.25, 0.3) is 10.8 Å². The van der Waals surface area contributed by atoms with E-state index in [2.05, 4.69) is 58.1 Å². The van der Waals surface area contributed by atoms with Gasteiger partial charge in [-0.05, 0) is 62.7 Å².